The molecule has 3 aliphatic rings. The van der Waals surface area contributed by atoms with Crippen molar-refractivity contribution in [2.45, 2.75) is 62.4 Å². The Bertz CT molecular complexity index is 882. The van der Waals surface area contributed by atoms with E-state index >= 15 is 0 Å². The van der Waals surface area contributed by atoms with Crippen LogP contribution in [0.5, 0.6) is 0 Å². The molecule has 5 nitrogen and oxygen atoms in total. The van der Waals surface area contributed by atoms with Crippen LogP contribution >= 0.6 is 23.4 Å². The Morgan fingerprint density at radius 1 is 1.10 bits per heavy atom. The number of nitrogens with zero attached hydrogens (tertiary/aromatic N) is 1. The van der Waals surface area contributed by atoms with Gasteiger partial charge in [-0.1, -0.05) is 11.6 Å². The van der Waals surface area contributed by atoms with Crippen LogP contribution < -0.4 is 4.90 Å². The molecule has 1 saturated carbocycles. The van der Waals surface area contributed by atoms with Crippen molar-refractivity contribution in [2.75, 3.05) is 10.7 Å². The van der Waals surface area contributed by atoms with Crippen molar-refractivity contribution in [2.24, 2.45) is 0 Å². The standard InChI is InChI=1S/C21H21ClFNO4S/c22-15-9-16(23)17(24-20(26)13-7-3-4-8-14(13)21(24)27)10-18(15)29-11-19(25)28-12-5-1-2-6-12/h9-10,12H,1-8,11H2. The van der Waals surface area contributed by atoms with Crippen molar-refractivity contribution in [1.29, 1.82) is 0 Å². The zero-order chi connectivity index (χ0) is 20.5. The number of rotatable bonds is 5. The fourth-order valence-corrected chi connectivity index (χ4v) is 5.17. The van der Waals surface area contributed by atoms with E-state index in [0.717, 1.165) is 61.3 Å². The summed E-state index contributed by atoms with van der Waals surface area (Å²) in [6.07, 6.45) is 6.64. The Labute approximate surface area is 177 Å². The summed E-state index contributed by atoms with van der Waals surface area (Å²) in [7, 11) is 0. The average Bonchev–Trinajstić information content (AvgIpc) is 3.29. The van der Waals surface area contributed by atoms with Gasteiger partial charge in [0.1, 0.15) is 11.9 Å². The highest BCUT2D eigenvalue weighted by Crippen LogP contribution is 2.39. The second kappa shape index (κ2) is 8.48. The van der Waals surface area contributed by atoms with E-state index in [2.05, 4.69) is 0 Å². The lowest BCUT2D eigenvalue weighted by Gasteiger charge is -2.18. The van der Waals surface area contributed by atoms with Gasteiger partial charge in [-0.2, -0.15) is 0 Å². The SMILES string of the molecule is O=C(CSc1cc(N2C(=O)C3=C(CCCC3)C2=O)c(F)cc1Cl)OC1CCCC1. The van der Waals surface area contributed by atoms with Crippen molar-refractivity contribution in [3.05, 3.63) is 34.1 Å². The highest BCUT2D eigenvalue weighted by atomic mass is 35.5. The summed E-state index contributed by atoms with van der Waals surface area (Å²) in [5.41, 5.74) is 0.861. The van der Waals surface area contributed by atoms with Gasteiger partial charge in [0.2, 0.25) is 0 Å². The lowest BCUT2D eigenvalue weighted by atomic mass is 9.93. The minimum Gasteiger partial charge on any atom is -0.462 e. The van der Waals surface area contributed by atoms with Crippen molar-refractivity contribution < 1.29 is 23.5 Å². The fraction of sp³-hybridized carbons (Fsp3) is 0.476. The second-order valence-electron chi connectivity index (χ2n) is 7.53. The van der Waals surface area contributed by atoms with Crippen molar-refractivity contribution >= 4 is 46.8 Å². The molecule has 0 unspecified atom stereocenters. The van der Waals surface area contributed by atoms with E-state index in [1.165, 1.54) is 6.07 Å². The third-order valence-electron chi connectivity index (χ3n) is 5.58. The number of hydrogen-bond donors (Lipinski definition) is 0. The average molecular weight is 438 g/mol. The Hall–Kier alpha value is -1.86. The number of halogens is 2. The van der Waals surface area contributed by atoms with Crippen LogP contribution in [0.3, 0.4) is 0 Å². The predicted molar refractivity (Wildman–Crippen MR) is 108 cm³/mol. The van der Waals surface area contributed by atoms with E-state index in [1.54, 1.807) is 0 Å². The second-order valence-corrected chi connectivity index (χ2v) is 8.95. The molecule has 4 rings (SSSR count). The number of imide groups is 1. The normalized spacial score (nSPS) is 19.9. The number of hydrogen-bond acceptors (Lipinski definition) is 5. The molecule has 0 bridgehead atoms. The van der Waals surface area contributed by atoms with E-state index < -0.39 is 17.6 Å². The maximum Gasteiger partial charge on any atom is 0.316 e. The van der Waals surface area contributed by atoms with Crippen LogP contribution in [-0.4, -0.2) is 29.6 Å². The van der Waals surface area contributed by atoms with Gasteiger partial charge in [-0.25, -0.2) is 9.29 Å². The highest BCUT2D eigenvalue weighted by molar-refractivity contribution is 8.00. The summed E-state index contributed by atoms with van der Waals surface area (Å²) in [6.45, 7) is 0. The first-order valence-electron chi connectivity index (χ1n) is 9.88. The summed E-state index contributed by atoms with van der Waals surface area (Å²) in [5.74, 6) is -1.98. The lowest BCUT2D eigenvalue weighted by molar-refractivity contribution is -0.145. The summed E-state index contributed by atoms with van der Waals surface area (Å²) in [5, 5.41) is 0.127. The molecule has 0 saturated heterocycles. The molecule has 29 heavy (non-hydrogen) atoms. The van der Waals surface area contributed by atoms with Crippen LogP contribution in [0.25, 0.3) is 0 Å². The number of thioether (sulfide) groups is 1. The van der Waals surface area contributed by atoms with E-state index in [9.17, 15) is 18.8 Å². The van der Waals surface area contributed by atoms with Crippen molar-refractivity contribution in [1.82, 2.24) is 0 Å². The lowest BCUT2D eigenvalue weighted by Crippen LogP contribution is -2.32. The maximum atomic E-state index is 14.6. The molecule has 0 aromatic heterocycles. The zero-order valence-electron chi connectivity index (χ0n) is 15.8. The minimum absolute atomic E-state index is 0.0257. The van der Waals surface area contributed by atoms with Crippen molar-refractivity contribution in [3.8, 4) is 0 Å². The summed E-state index contributed by atoms with van der Waals surface area (Å²) < 4.78 is 20.0. The van der Waals surface area contributed by atoms with Gasteiger partial charge < -0.3 is 4.74 Å². The first-order valence-corrected chi connectivity index (χ1v) is 11.2. The Kier molecular flexibility index (Phi) is 5.97. The number of amides is 2. The Balaban J connectivity index is 1.51. The number of benzene rings is 1. The monoisotopic (exact) mass is 437 g/mol. The fourth-order valence-electron chi connectivity index (χ4n) is 4.12. The summed E-state index contributed by atoms with van der Waals surface area (Å²) in [4.78, 5) is 38.9. The molecule has 0 radical (unpaired) electrons. The van der Waals surface area contributed by atoms with Crippen LogP contribution in [0.2, 0.25) is 5.02 Å². The number of ether oxygens (including phenoxy) is 1. The molecular formula is C21H21ClFNO4S. The third kappa shape index (κ3) is 4.08. The number of carbonyl (C=O) groups excluding carboxylic acids is 3. The highest BCUT2D eigenvalue weighted by Gasteiger charge is 2.41. The molecular weight excluding hydrogens is 417 g/mol. The van der Waals surface area contributed by atoms with Gasteiger partial charge in [0.25, 0.3) is 11.8 Å². The van der Waals surface area contributed by atoms with Gasteiger partial charge in [0.15, 0.2) is 0 Å². The molecule has 154 valence electrons. The van der Waals surface area contributed by atoms with E-state index in [-0.39, 0.29) is 28.5 Å². The topological polar surface area (TPSA) is 63.7 Å². The minimum atomic E-state index is -0.741. The van der Waals surface area contributed by atoms with Gasteiger partial charge in [0.05, 0.1) is 16.5 Å². The molecule has 8 heteroatoms. The Morgan fingerprint density at radius 2 is 1.72 bits per heavy atom. The molecule has 1 aromatic carbocycles. The number of esters is 1. The molecule has 2 aliphatic carbocycles. The van der Waals surface area contributed by atoms with E-state index in [0.29, 0.717) is 28.9 Å². The van der Waals surface area contributed by atoms with Crippen LogP contribution in [0, 0.1) is 5.82 Å². The summed E-state index contributed by atoms with van der Waals surface area (Å²) >= 11 is 7.26. The van der Waals surface area contributed by atoms with Crippen LogP contribution in [-0.2, 0) is 19.1 Å². The van der Waals surface area contributed by atoms with Gasteiger partial charge >= 0.3 is 5.97 Å². The van der Waals surface area contributed by atoms with Gasteiger partial charge in [-0.05, 0) is 63.5 Å². The molecule has 1 heterocycles. The van der Waals surface area contributed by atoms with E-state index in [1.807, 2.05) is 0 Å². The molecule has 1 aromatic rings. The number of carbonyl (C=O) groups is 3. The maximum absolute atomic E-state index is 14.6. The summed E-state index contributed by atoms with van der Waals surface area (Å²) in [6, 6.07) is 2.46. The molecule has 0 atom stereocenters. The van der Waals surface area contributed by atoms with Crippen LogP contribution in [0.15, 0.2) is 28.2 Å². The third-order valence-corrected chi connectivity index (χ3v) is 7.03. The zero-order valence-corrected chi connectivity index (χ0v) is 17.4. The molecule has 0 spiro atoms. The largest absolute Gasteiger partial charge is 0.462 e. The van der Waals surface area contributed by atoms with Crippen LogP contribution in [0.1, 0.15) is 51.4 Å². The predicted octanol–water partition coefficient (Wildman–Crippen LogP) is 4.80. The quantitative estimate of drug-likeness (QED) is 0.376. The smallest absolute Gasteiger partial charge is 0.316 e. The van der Waals surface area contributed by atoms with Crippen LogP contribution in [0.4, 0.5) is 10.1 Å². The molecule has 1 fully saturated rings. The molecule has 2 amide bonds. The molecule has 1 aliphatic heterocycles. The van der Waals surface area contributed by atoms with E-state index in [4.69, 9.17) is 16.3 Å². The Morgan fingerprint density at radius 3 is 2.34 bits per heavy atom. The number of anilines is 1. The van der Waals surface area contributed by atoms with Crippen molar-refractivity contribution in [3.63, 3.8) is 0 Å². The first-order chi connectivity index (χ1) is 14.0. The molecule has 0 N–H and O–H groups in total. The first kappa shape index (κ1) is 20.4. The van der Waals surface area contributed by atoms with Gasteiger partial charge in [0, 0.05) is 16.0 Å². The van der Waals surface area contributed by atoms with Gasteiger partial charge in [-0.3, -0.25) is 14.4 Å². The van der Waals surface area contributed by atoms with Gasteiger partial charge in [-0.15, -0.1) is 11.8 Å².